The Morgan fingerprint density at radius 2 is 1.59 bits per heavy atom. The largest absolute Gasteiger partial charge is 0.464 e. The maximum absolute atomic E-state index is 13.2. The van der Waals surface area contributed by atoms with Gasteiger partial charge in [-0.15, -0.1) is 0 Å². The topological polar surface area (TPSA) is 86.3 Å². The van der Waals surface area contributed by atoms with Gasteiger partial charge < -0.3 is 29.0 Å². The molecule has 34 heavy (non-hydrogen) atoms. The highest BCUT2D eigenvalue weighted by Crippen LogP contribution is 2.38. The van der Waals surface area contributed by atoms with Crippen molar-refractivity contribution >= 4 is 19.2 Å². The number of hydrogen-bond acceptors (Lipinski definition) is 7. The molecule has 8 nitrogen and oxygen atoms in total. The van der Waals surface area contributed by atoms with Gasteiger partial charge >= 0.3 is 19.2 Å². The summed E-state index contributed by atoms with van der Waals surface area (Å²) in [4.78, 5) is 28.3. The minimum Gasteiger partial charge on any atom is -0.464 e. The highest BCUT2D eigenvalue weighted by molar-refractivity contribution is 6.45. The van der Waals surface area contributed by atoms with E-state index < -0.39 is 23.2 Å². The zero-order chi connectivity index (χ0) is 25.6. The van der Waals surface area contributed by atoms with Gasteiger partial charge in [-0.05, 0) is 100 Å². The summed E-state index contributed by atoms with van der Waals surface area (Å²) < 4.78 is 23.2. The molecule has 9 heteroatoms. The van der Waals surface area contributed by atoms with Gasteiger partial charge in [-0.1, -0.05) is 12.8 Å². The third kappa shape index (κ3) is 8.13. The lowest BCUT2D eigenvalue weighted by molar-refractivity contribution is -0.152. The Hall–Kier alpha value is -1.32. The van der Waals surface area contributed by atoms with Crippen molar-refractivity contribution in [2.75, 3.05) is 26.2 Å². The molecule has 2 aliphatic rings. The molecule has 2 heterocycles. The Balaban J connectivity index is 2.07. The van der Waals surface area contributed by atoms with E-state index in [4.69, 9.17) is 18.8 Å². The van der Waals surface area contributed by atoms with Crippen LogP contribution >= 0.6 is 0 Å². The number of carbonyl (C=O) groups excluding carboxylic acids is 2. The number of carbonyl (C=O) groups is 2. The minimum absolute atomic E-state index is 0.258. The summed E-state index contributed by atoms with van der Waals surface area (Å²) in [5, 5.41) is 2.93. The summed E-state index contributed by atoms with van der Waals surface area (Å²) in [5.74, 6) is -0.393. The van der Waals surface area contributed by atoms with Gasteiger partial charge in [0.05, 0.1) is 17.8 Å². The molecule has 2 aliphatic heterocycles. The average Bonchev–Trinajstić information content (AvgIpc) is 3.27. The van der Waals surface area contributed by atoms with Gasteiger partial charge in [-0.25, -0.2) is 9.59 Å². The first kappa shape index (κ1) is 28.9. The zero-order valence-electron chi connectivity index (χ0n) is 22.8. The Bertz CT molecular complexity index is 671. The summed E-state index contributed by atoms with van der Waals surface area (Å²) in [6.07, 6.45) is 4.95. The molecule has 0 radical (unpaired) electrons. The van der Waals surface area contributed by atoms with Crippen molar-refractivity contribution in [2.24, 2.45) is 0 Å². The number of rotatable bonds is 11. The second-order valence-electron chi connectivity index (χ2n) is 11.7. The highest BCUT2D eigenvalue weighted by Gasteiger charge is 2.50. The van der Waals surface area contributed by atoms with Crippen LogP contribution in [0.4, 0.5) is 4.79 Å². The lowest BCUT2D eigenvalue weighted by Crippen LogP contribution is -2.57. The molecule has 2 saturated heterocycles. The van der Waals surface area contributed by atoms with Crippen LogP contribution in [0.5, 0.6) is 0 Å². The van der Waals surface area contributed by atoms with Crippen LogP contribution in [0.3, 0.4) is 0 Å². The van der Waals surface area contributed by atoms with E-state index in [1.54, 1.807) is 6.92 Å². The van der Waals surface area contributed by atoms with Crippen molar-refractivity contribution in [1.29, 1.82) is 0 Å². The van der Waals surface area contributed by atoms with E-state index in [2.05, 4.69) is 10.2 Å². The molecule has 0 aliphatic carbocycles. The quantitative estimate of drug-likeness (QED) is 0.262. The molecule has 0 spiro atoms. The molecule has 0 saturated carbocycles. The fourth-order valence-corrected chi connectivity index (χ4v) is 4.45. The molecule has 0 bridgehead atoms. The van der Waals surface area contributed by atoms with Gasteiger partial charge in [0.1, 0.15) is 11.1 Å². The number of amides is 1. The first-order chi connectivity index (χ1) is 15.7. The number of nitrogens with one attached hydrogen (secondary N) is 1. The van der Waals surface area contributed by atoms with Crippen LogP contribution in [0.2, 0.25) is 6.32 Å². The molecular weight excluding hydrogens is 435 g/mol. The lowest BCUT2D eigenvalue weighted by Gasteiger charge is -2.34. The van der Waals surface area contributed by atoms with Crippen molar-refractivity contribution < 1.29 is 28.4 Å². The Morgan fingerprint density at radius 3 is 2.12 bits per heavy atom. The fraction of sp³-hybridized carbons (Fsp3) is 0.920. The van der Waals surface area contributed by atoms with E-state index in [0.29, 0.717) is 12.8 Å². The number of unbranched alkanes of at least 4 members (excludes halogenated alkanes) is 1. The molecule has 2 fully saturated rings. The normalized spacial score (nSPS) is 21.8. The smallest absolute Gasteiger partial charge is 0.457 e. The Morgan fingerprint density at radius 1 is 1.00 bits per heavy atom. The summed E-state index contributed by atoms with van der Waals surface area (Å²) in [6.45, 7) is 18.4. The van der Waals surface area contributed by atoms with Gasteiger partial charge in [0.15, 0.2) is 0 Å². The maximum atomic E-state index is 13.2. The second kappa shape index (κ2) is 11.6. The van der Waals surface area contributed by atoms with E-state index in [0.717, 1.165) is 38.8 Å². The Kier molecular flexibility index (Phi) is 9.88. The van der Waals surface area contributed by atoms with Gasteiger partial charge in [0.25, 0.3) is 0 Å². The predicted octanol–water partition coefficient (Wildman–Crippen LogP) is 4.56. The van der Waals surface area contributed by atoms with Crippen LogP contribution in [-0.2, 0) is 23.6 Å². The molecule has 0 aromatic carbocycles. The molecule has 196 valence electrons. The molecule has 0 aromatic rings. The fourth-order valence-electron chi connectivity index (χ4n) is 4.45. The maximum Gasteiger partial charge on any atom is 0.457 e. The van der Waals surface area contributed by atoms with E-state index in [9.17, 15) is 9.59 Å². The van der Waals surface area contributed by atoms with Crippen LogP contribution in [0.15, 0.2) is 0 Å². The molecule has 1 atom stereocenters. The van der Waals surface area contributed by atoms with Crippen molar-refractivity contribution in [1.82, 2.24) is 10.2 Å². The van der Waals surface area contributed by atoms with Gasteiger partial charge in [-0.3, -0.25) is 0 Å². The Labute approximate surface area is 206 Å². The van der Waals surface area contributed by atoms with E-state index >= 15 is 0 Å². The van der Waals surface area contributed by atoms with Gasteiger partial charge in [0.2, 0.25) is 0 Å². The molecule has 1 amide bonds. The average molecular weight is 482 g/mol. The van der Waals surface area contributed by atoms with Crippen LogP contribution in [0, 0.1) is 0 Å². The molecule has 0 unspecified atom stereocenters. The van der Waals surface area contributed by atoms with Gasteiger partial charge in [0, 0.05) is 6.54 Å². The number of hydrogen-bond donors (Lipinski definition) is 1. The van der Waals surface area contributed by atoms with Crippen LogP contribution < -0.4 is 5.32 Å². The van der Waals surface area contributed by atoms with Crippen molar-refractivity contribution in [3.05, 3.63) is 0 Å². The number of ether oxygens (including phenoxy) is 2. The standard InChI is InChI=1S/C25H47BN2O6/c1-9-31-20(29)25(15-19-28-17-12-13-18-28,27-21(30)32-22(2,3)4)14-10-11-16-26-33-23(5,6)24(7,8)34-26/h9-19H2,1-8H3,(H,27,30)/t25-/m1/s1. The van der Waals surface area contributed by atoms with Crippen molar-refractivity contribution in [2.45, 2.75) is 123 Å². The van der Waals surface area contributed by atoms with E-state index in [1.165, 1.54) is 12.8 Å². The molecule has 0 aromatic heterocycles. The molecular formula is C25H47BN2O6. The number of likely N-dealkylation sites (tertiary alicyclic amines) is 1. The number of esters is 1. The third-order valence-corrected chi connectivity index (χ3v) is 7.06. The summed E-state index contributed by atoms with van der Waals surface area (Å²) >= 11 is 0. The van der Waals surface area contributed by atoms with E-state index in [1.807, 2.05) is 48.5 Å². The highest BCUT2D eigenvalue weighted by atomic mass is 16.7. The zero-order valence-corrected chi connectivity index (χ0v) is 22.8. The monoisotopic (exact) mass is 482 g/mol. The SMILES string of the molecule is CCOC(=O)[C@@](CCCCB1OC(C)(C)C(C)(C)O1)(CCN1CCCC1)NC(=O)OC(C)(C)C. The minimum atomic E-state index is -1.13. The van der Waals surface area contributed by atoms with Crippen LogP contribution in [-0.4, -0.2) is 72.7 Å². The summed E-state index contributed by atoms with van der Waals surface area (Å²) in [6, 6.07) is 0. The second-order valence-corrected chi connectivity index (χ2v) is 11.7. The van der Waals surface area contributed by atoms with Crippen LogP contribution in [0.1, 0.15) is 93.9 Å². The summed E-state index contributed by atoms with van der Waals surface area (Å²) in [5.41, 5.74) is -2.51. The van der Waals surface area contributed by atoms with Crippen LogP contribution in [0.25, 0.3) is 0 Å². The summed E-state index contributed by atoms with van der Waals surface area (Å²) in [7, 11) is -0.273. The molecule has 1 N–H and O–H groups in total. The van der Waals surface area contributed by atoms with Crippen molar-refractivity contribution in [3.8, 4) is 0 Å². The lowest BCUT2D eigenvalue weighted by atomic mass is 9.80. The van der Waals surface area contributed by atoms with Gasteiger partial charge in [-0.2, -0.15) is 0 Å². The first-order valence-electron chi connectivity index (χ1n) is 13.0. The molecule has 2 rings (SSSR count). The number of alkyl carbamates (subject to hydrolysis) is 1. The predicted molar refractivity (Wildman–Crippen MR) is 134 cm³/mol. The van der Waals surface area contributed by atoms with E-state index in [-0.39, 0.29) is 24.9 Å². The third-order valence-electron chi connectivity index (χ3n) is 7.06. The van der Waals surface area contributed by atoms with Crippen molar-refractivity contribution in [3.63, 3.8) is 0 Å². The number of nitrogens with zero attached hydrogens (tertiary/aromatic N) is 1. The first-order valence-corrected chi connectivity index (χ1v) is 13.0.